The number of amides is 1. The molecule has 1 aromatic carbocycles. The van der Waals surface area contributed by atoms with E-state index in [9.17, 15) is 17.1 Å². The molecule has 0 spiro atoms. The van der Waals surface area contributed by atoms with Crippen molar-refractivity contribution in [2.24, 2.45) is 0 Å². The minimum absolute atomic E-state index is 0.197. The number of carbonyl (C=O) groups is 1. The van der Waals surface area contributed by atoms with Crippen LogP contribution in [-0.4, -0.2) is 21.4 Å². The molecule has 0 radical (unpaired) electrons. The van der Waals surface area contributed by atoms with Gasteiger partial charge in [0.25, 0.3) is 5.91 Å². The Morgan fingerprint density at radius 2 is 1.93 bits per heavy atom. The third-order valence-electron chi connectivity index (χ3n) is 1.62. The molecule has 0 aliphatic carbocycles. The van der Waals surface area contributed by atoms with Gasteiger partial charge in [-0.3, -0.25) is 4.79 Å². The van der Waals surface area contributed by atoms with Crippen molar-refractivity contribution in [3.05, 3.63) is 29.8 Å². The molecule has 0 aromatic heterocycles. The molecule has 76 valence electrons. The van der Waals surface area contributed by atoms with Gasteiger partial charge in [0.1, 0.15) is 4.90 Å². The standard InChI is InChI=1S/C8H8FNO3S/c1-10-8(11)6-4-2-3-5-7(6)14(9,12)13/h2-5H,1H3,(H,10,11). The van der Waals surface area contributed by atoms with Crippen LogP contribution in [-0.2, 0) is 10.2 Å². The van der Waals surface area contributed by atoms with E-state index in [1.807, 2.05) is 0 Å². The van der Waals surface area contributed by atoms with Crippen LogP contribution in [0.4, 0.5) is 3.89 Å². The number of rotatable bonds is 2. The van der Waals surface area contributed by atoms with Gasteiger partial charge in [-0.25, -0.2) is 0 Å². The summed E-state index contributed by atoms with van der Waals surface area (Å²) < 4.78 is 33.9. The van der Waals surface area contributed by atoms with Crippen LogP contribution in [0.2, 0.25) is 0 Å². The maximum Gasteiger partial charge on any atom is 0.332 e. The Hall–Kier alpha value is -1.43. The monoisotopic (exact) mass is 217 g/mol. The highest BCUT2D eigenvalue weighted by Gasteiger charge is 2.20. The Labute approximate surface area is 81.0 Å². The van der Waals surface area contributed by atoms with Crippen LogP contribution in [0.3, 0.4) is 0 Å². The van der Waals surface area contributed by atoms with Gasteiger partial charge in [-0.1, -0.05) is 12.1 Å². The third-order valence-corrected chi connectivity index (χ3v) is 2.50. The van der Waals surface area contributed by atoms with Gasteiger partial charge >= 0.3 is 10.2 Å². The van der Waals surface area contributed by atoms with Crippen molar-refractivity contribution < 1.29 is 17.1 Å². The molecule has 1 aromatic rings. The van der Waals surface area contributed by atoms with Crippen molar-refractivity contribution >= 4 is 16.1 Å². The molecular weight excluding hydrogens is 209 g/mol. The maximum absolute atomic E-state index is 12.7. The molecule has 1 amide bonds. The highest BCUT2D eigenvalue weighted by atomic mass is 32.3. The molecule has 4 nitrogen and oxygen atoms in total. The molecular formula is C8H8FNO3S. The lowest BCUT2D eigenvalue weighted by Gasteiger charge is -2.03. The second-order valence-corrected chi connectivity index (χ2v) is 3.83. The molecule has 0 unspecified atom stereocenters. The topological polar surface area (TPSA) is 63.2 Å². The van der Waals surface area contributed by atoms with E-state index >= 15 is 0 Å². The van der Waals surface area contributed by atoms with E-state index in [2.05, 4.69) is 5.32 Å². The lowest BCUT2D eigenvalue weighted by molar-refractivity contribution is 0.0959. The van der Waals surface area contributed by atoms with E-state index in [1.54, 1.807) is 0 Å². The summed E-state index contributed by atoms with van der Waals surface area (Å²) in [6, 6.07) is 5.09. The smallest absolute Gasteiger partial charge is 0.332 e. The van der Waals surface area contributed by atoms with Gasteiger partial charge in [-0.15, -0.1) is 3.89 Å². The first kappa shape index (κ1) is 10.6. The second kappa shape index (κ2) is 3.75. The molecule has 0 saturated heterocycles. The molecule has 6 heteroatoms. The predicted molar refractivity (Wildman–Crippen MR) is 48.1 cm³/mol. The molecule has 1 rings (SSSR count). The molecule has 0 aliphatic rings. The number of benzene rings is 1. The van der Waals surface area contributed by atoms with Gasteiger partial charge in [0.2, 0.25) is 0 Å². The summed E-state index contributed by atoms with van der Waals surface area (Å²) >= 11 is 0. The van der Waals surface area contributed by atoms with E-state index in [0.717, 1.165) is 6.07 Å². The van der Waals surface area contributed by atoms with Crippen molar-refractivity contribution in [2.45, 2.75) is 4.90 Å². The van der Waals surface area contributed by atoms with Gasteiger partial charge in [0.05, 0.1) is 5.56 Å². The SMILES string of the molecule is CNC(=O)c1ccccc1S(=O)(=O)F. The van der Waals surface area contributed by atoms with Crippen LogP contribution >= 0.6 is 0 Å². The van der Waals surface area contributed by atoms with Gasteiger partial charge in [0.15, 0.2) is 0 Å². The number of carbonyl (C=O) groups excluding carboxylic acids is 1. The zero-order chi connectivity index (χ0) is 10.8. The average Bonchev–Trinajstić information content (AvgIpc) is 2.15. The molecule has 0 heterocycles. The first-order valence-electron chi connectivity index (χ1n) is 3.72. The first-order chi connectivity index (χ1) is 6.46. The lowest BCUT2D eigenvalue weighted by Crippen LogP contribution is -2.20. The van der Waals surface area contributed by atoms with Gasteiger partial charge in [0, 0.05) is 7.05 Å². The fourth-order valence-corrected chi connectivity index (χ4v) is 1.67. The summed E-state index contributed by atoms with van der Waals surface area (Å²) in [5, 5.41) is 2.22. The molecule has 14 heavy (non-hydrogen) atoms. The van der Waals surface area contributed by atoms with E-state index in [4.69, 9.17) is 0 Å². The summed E-state index contributed by atoms with van der Waals surface area (Å²) in [6.07, 6.45) is 0. The van der Waals surface area contributed by atoms with E-state index in [-0.39, 0.29) is 5.56 Å². The number of nitrogens with one attached hydrogen (secondary N) is 1. The Balaban J connectivity index is 3.38. The van der Waals surface area contributed by atoms with Crippen LogP contribution in [0.25, 0.3) is 0 Å². The minimum atomic E-state index is -4.85. The molecule has 0 bridgehead atoms. The highest BCUT2D eigenvalue weighted by molar-refractivity contribution is 7.86. The Morgan fingerprint density at radius 3 is 2.43 bits per heavy atom. The molecule has 1 N–H and O–H groups in total. The van der Waals surface area contributed by atoms with E-state index < -0.39 is 21.0 Å². The fourth-order valence-electron chi connectivity index (χ4n) is 1.00. The minimum Gasteiger partial charge on any atom is -0.355 e. The van der Waals surface area contributed by atoms with Crippen molar-refractivity contribution in [2.75, 3.05) is 7.05 Å². The quantitative estimate of drug-likeness (QED) is 0.742. The van der Waals surface area contributed by atoms with E-state index in [1.165, 1.54) is 25.2 Å². The van der Waals surface area contributed by atoms with E-state index in [0.29, 0.717) is 0 Å². The van der Waals surface area contributed by atoms with Crippen molar-refractivity contribution in [3.63, 3.8) is 0 Å². The summed E-state index contributed by atoms with van der Waals surface area (Å²) in [6.45, 7) is 0. The molecule has 0 fully saturated rings. The number of halogens is 1. The normalized spacial score (nSPS) is 11.0. The maximum atomic E-state index is 12.7. The third kappa shape index (κ3) is 2.08. The van der Waals surface area contributed by atoms with Crippen LogP contribution in [0.1, 0.15) is 10.4 Å². The Kier molecular flexibility index (Phi) is 2.85. The zero-order valence-corrected chi connectivity index (χ0v) is 8.14. The van der Waals surface area contributed by atoms with Gasteiger partial charge < -0.3 is 5.32 Å². The van der Waals surface area contributed by atoms with Crippen molar-refractivity contribution in [1.82, 2.24) is 5.32 Å². The predicted octanol–water partition coefficient (Wildman–Crippen LogP) is 0.704. The van der Waals surface area contributed by atoms with Crippen LogP contribution in [0.5, 0.6) is 0 Å². The summed E-state index contributed by atoms with van der Waals surface area (Å²) in [5.74, 6) is -0.637. The van der Waals surface area contributed by atoms with Crippen molar-refractivity contribution in [1.29, 1.82) is 0 Å². The second-order valence-electron chi connectivity index (χ2n) is 2.51. The molecule has 0 atom stereocenters. The number of hydrogen-bond acceptors (Lipinski definition) is 3. The van der Waals surface area contributed by atoms with Gasteiger partial charge in [-0.05, 0) is 12.1 Å². The summed E-state index contributed by atoms with van der Waals surface area (Å²) in [5.41, 5.74) is -0.197. The average molecular weight is 217 g/mol. The van der Waals surface area contributed by atoms with Crippen LogP contribution < -0.4 is 5.32 Å². The largest absolute Gasteiger partial charge is 0.355 e. The highest BCUT2D eigenvalue weighted by Crippen LogP contribution is 2.17. The summed E-state index contributed by atoms with van der Waals surface area (Å²) in [4.78, 5) is 10.5. The Morgan fingerprint density at radius 1 is 1.36 bits per heavy atom. The zero-order valence-electron chi connectivity index (χ0n) is 7.32. The lowest BCUT2D eigenvalue weighted by atomic mass is 10.2. The number of hydrogen-bond donors (Lipinski definition) is 1. The summed E-state index contributed by atoms with van der Waals surface area (Å²) in [7, 11) is -3.51. The first-order valence-corrected chi connectivity index (χ1v) is 5.11. The van der Waals surface area contributed by atoms with Crippen LogP contribution in [0, 0.1) is 0 Å². The van der Waals surface area contributed by atoms with Gasteiger partial charge in [-0.2, -0.15) is 8.42 Å². The molecule has 0 aliphatic heterocycles. The van der Waals surface area contributed by atoms with Crippen LogP contribution in [0.15, 0.2) is 29.2 Å². The fraction of sp³-hybridized carbons (Fsp3) is 0.125. The molecule has 0 saturated carbocycles. The Bertz CT molecular complexity index is 455. The van der Waals surface area contributed by atoms with Crippen molar-refractivity contribution in [3.8, 4) is 0 Å².